The lowest BCUT2D eigenvalue weighted by Gasteiger charge is -2.13. The van der Waals surface area contributed by atoms with Crippen LogP contribution in [0.25, 0.3) is 0 Å². The van der Waals surface area contributed by atoms with Gasteiger partial charge < -0.3 is 5.32 Å². The minimum Gasteiger partial charge on any atom is -0.311 e. The number of rotatable bonds is 1. The van der Waals surface area contributed by atoms with Gasteiger partial charge in [0.2, 0.25) is 5.16 Å². The van der Waals surface area contributed by atoms with Crippen LogP contribution >= 0.6 is 24.2 Å². The maximum Gasteiger partial charge on any atom is 0.209 e. The first-order valence-electron chi connectivity index (χ1n) is 3.87. The Kier molecular flexibility index (Phi) is 3.90. The fourth-order valence-corrected chi connectivity index (χ4v) is 1.52. The molecular weight excluding hydrogens is 208 g/mol. The Morgan fingerprint density at radius 1 is 1.31 bits per heavy atom. The van der Waals surface area contributed by atoms with Crippen molar-refractivity contribution in [3.8, 4) is 0 Å². The molecule has 0 saturated heterocycles. The van der Waals surface area contributed by atoms with Crippen molar-refractivity contribution in [2.45, 2.75) is 18.1 Å². The Bertz CT molecular complexity index is 294. The van der Waals surface area contributed by atoms with Gasteiger partial charge in [-0.25, -0.2) is 4.98 Å². The SMILES string of the molecule is CSc1nnc2c(n1)CCNC2.Cl. The van der Waals surface area contributed by atoms with Crippen LogP contribution in [0.3, 0.4) is 0 Å². The van der Waals surface area contributed by atoms with Crippen LogP contribution in [0.5, 0.6) is 0 Å². The van der Waals surface area contributed by atoms with E-state index < -0.39 is 0 Å². The molecule has 6 heteroatoms. The maximum atomic E-state index is 4.38. The van der Waals surface area contributed by atoms with Crippen molar-refractivity contribution in [2.24, 2.45) is 0 Å². The van der Waals surface area contributed by atoms with Gasteiger partial charge in [0, 0.05) is 19.5 Å². The molecule has 4 nitrogen and oxygen atoms in total. The van der Waals surface area contributed by atoms with Crippen molar-refractivity contribution in [3.63, 3.8) is 0 Å². The lowest BCUT2D eigenvalue weighted by Crippen LogP contribution is -2.26. The van der Waals surface area contributed by atoms with Gasteiger partial charge in [-0.15, -0.1) is 22.6 Å². The van der Waals surface area contributed by atoms with E-state index in [1.807, 2.05) is 6.26 Å². The second-order valence-electron chi connectivity index (χ2n) is 2.62. The first-order valence-corrected chi connectivity index (χ1v) is 5.10. The lowest BCUT2D eigenvalue weighted by atomic mass is 10.2. The summed E-state index contributed by atoms with van der Waals surface area (Å²) >= 11 is 1.54. The summed E-state index contributed by atoms with van der Waals surface area (Å²) in [5, 5.41) is 12.1. The fraction of sp³-hybridized carbons (Fsp3) is 0.571. The highest BCUT2D eigenvalue weighted by molar-refractivity contribution is 7.98. The second-order valence-corrected chi connectivity index (χ2v) is 3.39. The molecule has 0 amide bonds. The zero-order valence-corrected chi connectivity index (χ0v) is 8.91. The van der Waals surface area contributed by atoms with Crippen molar-refractivity contribution in [3.05, 3.63) is 11.4 Å². The minimum absolute atomic E-state index is 0. The summed E-state index contributed by atoms with van der Waals surface area (Å²) in [4.78, 5) is 4.38. The molecule has 1 aromatic heterocycles. The third-order valence-corrected chi connectivity index (χ3v) is 2.37. The van der Waals surface area contributed by atoms with Crippen molar-refractivity contribution in [1.82, 2.24) is 20.5 Å². The molecule has 0 saturated carbocycles. The van der Waals surface area contributed by atoms with Gasteiger partial charge in [0.1, 0.15) is 0 Å². The topological polar surface area (TPSA) is 50.7 Å². The predicted octanol–water partition coefficient (Wildman–Crippen LogP) is 0.661. The average molecular weight is 219 g/mol. The summed E-state index contributed by atoms with van der Waals surface area (Å²) in [6.45, 7) is 1.81. The van der Waals surface area contributed by atoms with Crippen molar-refractivity contribution >= 4 is 24.2 Å². The molecule has 0 aromatic carbocycles. The van der Waals surface area contributed by atoms with Gasteiger partial charge in [-0.1, -0.05) is 11.8 Å². The van der Waals surface area contributed by atoms with Gasteiger partial charge in [-0.2, -0.15) is 0 Å². The van der Waals surface area contributed by atoms with Crippen molar-refractivity contribution in [1.29, 1.82) is 0 Å². The fourth-order valence-electron chi connectivity index (χ4n) is 1.20. The summed E-state index contributed by atoms with van der Waals surface area (Å²) in [5.74, 6) is 0. The Balaban J connectivity index is 0.000000845. The molecule has 1 aliphatic heterocycles. The van der Waals surface area contributed by atoms with E-state index in [1.54, 1.807) is 0 Å². The van der Waals surface area contributed by atoms with E-state index in [2.05, 4.69) is 20.5 Å². The number of nitrogens with one attached hydrogen (secondary N) is 1. The summed E-state index contributed by atoms with van der Waals surface area (Å²) in [6, 6.07) is 0. The van der Waals surface area contributed by atoms with Crippen molar-refractivity contribution in [2.75, 3.05) is 12.8 Å². The van der Waals surface area contributed by atoms with Crippen molar-refractivity contribution < 1.29 is 0 Å². The van der Waals surface area contributed by atoms with Crippen LogP contribution in [0.15, 0.2) is 5.16 Å². The molecule has 2 heterocycles. The molecule has 72 valence electrons. The quantitative estimate of drug-likeness (QED) is 0.702. The summed E-state index contributed by atoms with van der Waals surface area (Å²) < 4.78 is 0. The van der Waals surface area contributed by atoms with Crippen LogP contribution in [-0.2, 0) is 13.0 Å². The zero-order valence-electron chi connectivity index (χ0n) is 7.28. The highest BCUT2D eigenvalue weighted by atomic mass is 35.5. The molecule has 0 bridgehead atoms. The van der Waals surface area contributed by atoms with Crippen LogP contribution in [0.4, 0.5) is 0 Å². The number of hydrogen-bond acceptors (Lipinski definition) is 5. The molecule has 0 unspecified atom stereocenters. The molecular formula is C7H11ClN4S. The molecule has 1 aromatic rings. The maximum absolute atomic E-state index is 4.38. The van der Waals surface area contributed by atoms with E-state index in [9.17, 15) is 0 Å². The molecule has 1 N–H and O–H groups in total. The summed E-state index contributed by atoms with van der Waals surface area (Å²) in [5.41, 5.74) is 2.10. The average Bonchev–Trinajstić information content (AvgIpc) is 2.17. The molecule has 2 rings (SSSR count). The van der Waals surface area contributed by atoms with Gasteiger partial charge in [0.15, 0.2) is 0 Å². The Morgan fingerprint density at radius 3 is 2.92 bits per heavy atom. The van der Waals surface area contributed by atoms with Crippen LogP contribution in [0.1, 0.15) is 11.4 Å². The van der Waals surface area contributed by atoms with E-state index in [0.717, 1.165) is 36.1 Å². The lowest BCUT2D eigenvalue weighted by molar-refractivity contribution is 0.582. The standard InChI is InChI=1S/C7H10N4S.ClH/c1-12-7-9-5-2-3-8-4-6(5)10-11-7;/h8H,2-4H2,1H3;1H. The highest BCUT2D eigenvalue weighted by Gasteiger charge is 2.12. The summed E-state index contributed by atoms with van der Waals surface area (Å²) in [6.07, 6.45) is 2.93. The van der Waals surface area contributed by atoms with E-state index >= 15 is 0 Å². The van der Waals surface area contributed by atoms with Crippen LogP contribution in [0.2, 0.25) is 0 Å². The second kappa shape index (κ2) is 4.74. The van der Waals surface area contributed by atoms with E-state index in [4.69, 9.17) is 0 Å². The zero-order chi connectivity index (χ0) is 8.39. The molecule has 0 spiro atoms. The van der Waals surface area contributed by atoms with Crippen LogP contribution < -0.4 is 5.32 Å². The minimum atomic E-state index is 0. The number of halogens is 1. The molecule has 0 fully saturated rings. The van der Waals surface area contributed by atoms with E-state index in [1.165, 1.54) is 11.8 Å². The third kappa shape index (κ3) is 2.30. The first kappa shape index (κ1) is 10.7. The van der Waals surface area contributed by atoms with Gasteiger partial charge in [-0.3, -0.25) is 0 Å². The summed E-state index contributed by atoms with van der Waals surface area (Å²) in [7, 11) is 0. The van der Waals surface area contributed by atoms with Gasteiger partial charge in [0.05, 0.1) is 11.4 Å². The largest absolute Gasteiger partial charge is 0.311 e. The predicted molar refractivity (Wildman–Crippen MR) is 54.3 cm³/mol. The molecule has 0 radical (unpaired) electrons. The van der Waals surface area contributed by atoms with Crippen LogP contribution in [-0.4, -0.2) is 28.0 Å². The Labute approximate surface area is 87.3 Å². The van der Waals surface area contributed by atoms with Gasteiger partial charge in [0.25, 0.3) is 0 Å². The smallest absolute Gasteiger partial charge is 0.209 e. The van der Waals surface area contributed by atoms with Gasteiger partial charge >= 0.3 is 0 Å². The number of hydrogen-bond donors (Lipinski definition) is 1. The van der Waals surface area contributed by atoms with E-state index in [0.29, 0.717) is 0 Å². The number of nitrogens with zero attached hydrogens (tertiary/aromatic N) is 3. The molecule has 13 heavy (non-hydrogen) atoms. The monoisotopic (exact) mass is 218 g/mol. The van der Waals surface area contributed by atoms with Crippen LogP contribution in [0, 0.1) is 0 Å². The number of fused-ring (bicyclic) bond motifs is 1. The third-order valence-electron chi connectivity index (χ3n) is 1.83. The van der Waals surface area contributed by atoms with E-state index in [-0.39, 0.29) is 12.4 Å². The Morgan fingerprint density at radius 2 is 2.15 bits per heavy atom. The molecule has 1 aliphatic rings. The Hall–Kier alpha value is -0.390. The first-order chi connectivity index (χ1) is 5.90. The molecule has 0 aliphatic carbocycles. The normalized spacial score (nSPS) is 14.5. The number of aromatic nitrogens is 3. The number of thioether (sulfide) groups is 1. The highest BCUT2D eigenvalue weighted by Crippen LogP contribution is 2.12. The molecule has 0 atom stereocenters. The van der Waals surface area contributed by atoms with Gasteiger partial charge in [-0.05, 0) is 6.26 Å².